The van der Waals surface area contributed by atoms with E-state index in [9.17, 15) is 4.79 Å². The Bertz CT molecular complexity index is 736. The second-order valence-electron chi connectivity index (χ2n) is 4.16. The van der Waals surface area contributed by atoms with Gasteiger partial charge in [0.2, 0.25) is 0 Å². The Morgan fingerprint density at radius 1 is 0.850 bits per heavy atom. The van der Waals surface area contributed by atoms with Crippen LogP contribution in [0.25, 0.3) is 21.1 Å². The van der Waals surface area contributed by atoms with Gasteiger partial charge in [-0.2, -0.15) is 0 Å². The summed E-state index contributed by atoms with van der Waals surface area (Å²) in [5.41, 5.74) is 2.16. The van der Waals surface area contributed by atoms with Gasteiger partial charge in [-0.25, -0.2) is 4.79 Å². The SMILES string of the molecule is O=C(O)c1ccc(-c2nnc(-c3ccccc3)s2)cc1. The first kappa shape index (κ1) is 12.5. The predicted molar refractivity (Wildman–Crippen MR) is 77.7 cm³/mol. The Morgan fingerprint density at radius 2 is 1.40 bits per heavy atom. The molecular formula is C15H10N2O2S. The molecule has 0 spiro atoms. The van der Waals surface area contributed by atoms with Crippen LogP contribution < -0.4 is 0 Å². The summed E-state index contributed by atoms with van der Waals surface area (Å²) in [5.74, 6) is -0.932. The highest BCUT2D eigenvalue weighted by molar-refractivity contribution is 7.17. The highest BCUT2D eigenvalue weighted by Gasteiger charge is 2.09. The van der Waals surface area contributed by atoms with Crippen molar-refractivity contribution in [2.24, 2.45) is 0 Å². The third kappa shape index (κ3) is 2.44. The molecule has 3 aromatic rings. The lowest BCUT2D eigenvalue weighted by Gasteiger charge is -1.96. The van der Waals surface area contributed by atoms with E-state index in [-0.39, 0.29) is 5.56 Å². The van der Waals surface area contributed by atoms with E-state index >= 15 is 0 Å². The molecule has 0 bridgehead atoms. The maximum absolute atomic E-state index is 10.8. The van der Waals surface area contributed by atoms with Gasteiger partial charge in [0, 0.05) is 11.1 Å². The Labute approximate surface area is 119 Å². The average Bonchev–Trinajstić information content (AvgIpc) is 2.98. The second kappa shape index (κ2) is 5.22. The molecular weight excluding hydrogens is 272 g/mol. The number of carbonyl (C=O) groups is 1. The lowest BCUT2D eigenvalue weighted by Crippen LogP contribution is -1.94. The van der Waals surface area contributed by atoms with Crippen LogP contribution in [0.5, 0.6) is 0 Å². The van der Waals surface area contributed by atoms with Gasteiger partial charge in [0.15, 0.2) is 0 Å². The number of hydrogen-bond acceptors (Lipinski definition) is 4. The minimum absolute atomic E-state index is 0.265. The van der Waals surface area contributed by atoms with Gasteiger partial charge in [0.05, 0.1) is 5.56 Å². The molecule has 2 aromatic carbocycles. The summed E-state index contributed by atoms with van der Waals surface area (Å²) in [6.07, 6.45) is 0. The number of carboxylic acid groups (broad SMARTS) is 1. The van der Waals surface area contributed by atoms with Crippen LogP contribution in [0, 0.1) is 0 Å². The largest absolute Gasteiger partial charge is 0.478 e. The van der Waals surface area contributed by atoms with E-state index in [2.05, 4.69) is 10.2 Å². The van der Waals surface area contributed by atoms with Gasteiger partial charge >= 0.3 is 5.97 Å². The van der Waals surface area contributed by atoms with E-state index in [1.165, 1.54) is 11.3 Å². The molecule has 0 amide bonds. The van der Waals surface area contributed by atoms with Crippen LogP contribution in [0.3, 0.4) is 0 Å². The molecule has 0 aliphatic heterocycles. The zero-order valence-electron chi connectivity index (χ0n) is 10.4. The molecule has 98 valence electrons. The Hall–Kier alpha value is -2.53. The third-order valence-corrected chi connectivity index (χ3v) is 3.85. The first-order valence-corrected chi connectivity index (χ1v) is 6.78. The first-order chi connectivity index (χ1) is 9.74. The van der Waals surface area contributed by atoms with Crippen molar-refractivity contribution >= 4 is 17.3 Å². The monoisotopic (exact) mass is 282 g/mol. The van der Waals surface area contributed by atoms with E-state index in [4.69, 9.17) is 5.11 Å². The fraction of sp³-hybridized carbons (Fsp3) is 0. The second-order valence-corrected chi connectivity index (χ2v) is 5.14. The van der Waals surface area contributed by atoms with Crippen molar-refractivity contribution < 1.29 is 9.90 Å². The Morgan fingerprint density at radius 3 is 1.95 bits per heavy atom. The number of rotatable bonds is 3. The summed E-state index contributed by atoms with van der Waals surface area (Å²) < 4.78 is 0. The number of aromatic nitrogens is 2. The minimum atomic E-state index is -0.932. The van der Waals surface area contributed by atoms with Gasteiger partial charge < -0.3 is 5.11 Å². The molecule has 4 nitrogen and oxygen atoms in total. The van der Waals surface area contributed by atoms with Crippen LogP contribution in [0.15, 0.2) is 54.6 Å². The number of carboxylic acids is 1. The van der Waals surface area contributed by atoms with Crippen molar-refractivity contribution in [3.8, 4) is 21.1 Å². The highest BCUT2D eigenvalue weighted by atomic mass is 32.1. The summed E-state index contributed by atoms with van der Waals surface area (Å²) in [5, 5.41) is 18.8. The molecule has 20 heavy (non-hydrogen) atoms. The summed E-state index contributed by atoms with van der Waals surface area (Å²) in [7, 11) is 0. The van der Waals surface area contributed by atoms with Crippen molar-refractivity contribution in [2.45, 2.75) is 0 Å². The van der Waals surface area contributed by atoms with Crippen LogP contribution in [0.1, 0.15) is 10.4 Å². The number of benzene rings is 2. The zero-order chi connectivity index (χ0) is 13.9. The van der Waals surface area contributed by atoms with Gasteiger partial charge in [-0.3, -0.25) is 0 Å². The van der Waals surface area contributed by atoms with Crippen molar-refractivity contribution in [3.05, 3.63) is 60.2 Å². The molecule has 1 heterocycles. The zero-order valence-corrected chi connectivity index (χ0v) is 11.2. The maximum Gasteiger partial charge on any atom is 0.335 e. The van der Waals surface area contributed by atoms with Crippen LogP contribution >= 0.6 is 11.3 Å². The molecule has 0 saturated carbocycles. The quantitative estimate of drug-likeness (QED) is 0.797. The van der Waals surface area contributed by atoms with Crippen molar-refractivity contribution in [1.29, 1.82) is 0 Å². The normalized spacial score (nSPS) is 10.4. The predicted octanol–water partition coefficient (Wildman–Crippen LogP) is 3.57. The minimum Gasteiger partial charge on any atom is -0.478 e. The molecule has 0 saturated heterocycles. The summed E-state index contributed by atoms with van der Waals surface area (Å²) >= 11 is 1.48. The Kier molecular flexibility index (Phi) is 3.26. The lowest BCUT2D eigenvalue weighted by molar-refractivity contribution is 0.0697. The van der Waals surface area contributed by atoms with Crippen molar-refractivity contribution in [1.82, 2.24) is 10.2 Å². The lowest BCUT2D eigenvalue weighted by atomic mass is 10.1. The third-order valence-electron chi connectivity index (χ3n) is 2.82. The molecule has 0 fully saturated rings. The molecule has 3 rings (SSSR count). The van der Waals surface area contributed by atoms with Gasteiger partial charge in [-0.1, -0.05) is 53.8 Å². The fourth-order valence-corrected chi connectivity index (χ4v) is 2.65. The molecule has 1 N–H and O–H groups in total. The molecule has 0 unspecified atom stereocenters. The van der Waals surface area contributed by atoms with Gasteiger partial charge in [-0.15, -0.1) is 10.2 Å². The van der Waals surface area contributed by atoms with Crippen molar-refractivity contribution in [3.63, 3.8) is 0 Å². The van der Waals surface area contributed by atoms with Crippen LogP contribution in [-0.2, 0) is 0 Å². The molecule has 0 radical (unpaired) electrons. The molecule has 5 heteroatoms. The molecule has 1 aromatic heterocycles. The van der Waals surface area contributed by atoms with Crippen LogP contribution in [0.2, 0.25) is 0 Å². The van der Waals surface area contributed by atoms with E-state index < -0.39 is 5.97 Å². The summed E-state index contributed by atoms with van der Waals surface area (Å²) in [6.45, 7) is 0. The standard InChI is InChI=1S/C15H10N2O2S/c18-15(19)12-8-6-11(7-9-12)14-17-16-13(20-14)10-4-2-1-3-5-10/h1-9H,(H,18,19). The Balaban J connectivity index is 1.92. The van der Waals surface area contributed by atoms with Gasteiger partial charge in [0.1, 0.15) is 10.0 Å². The number of nitrogens with zero attached hydrogens (tertiary/aromatic N) is 2. The fourth-order valence-electron chi connectivity index (χ4n) is 1.79. The number of aromatic carboxylic acids is 1. The molecule has 0 aliphatic rings. The number of hydrogen-bond donors (Lipinski definition) is 1. The smallest absolute Gasteiger partial charge is 0.335 e. The van der Waals surface area contributed by atoms with Crippen LogP contribution in [0.4, 0.5) is 0 Å². The topological polar surface area (TPSA) is 63.1 Å². The van der Waals surface area contributed by atoms with Gasteiger partial charge in [-0.05, 0) is 12.1 Å². The van der Waals surface area contributed by atoms with E-state index in [1.807, 2.05) is 30.3 Å². The summed E-state index contributed by atoms with van der Waals surface area (Å²) in [6, 6.07) is 16.5. The van der Waals surface area contributed by atoms with E-state index in [0.717, 1.165) is 21.1 Å². The summed E-state index contributed by atoms with van der Waals surface area (Å²) in [4.78, 5) is 10.8. The average molecular weight is 282 g/mol. The molecule has 0 atom stereocenters. The van der Waals surface area contributed by atoms with Crippen molar-refractivity contribution in [2.75, 3.05) is 0 Å². The first-order valence-electron chi connectivity index (χ1n) is 5.97. The molecule has 0 aliphatic carbocycles. The highest BCUT2D eigenvalue weighted by Crippen LogP contribution is 2.29. The van der Waals surface area contributed by atoms with Gasteiger partial charge in [0.25, 0.3) is 0 Å². The van der Waals surface area contributed by atoms with Crippen LogP contribution in [-0.4, -0.2) is 21.3 Å². The van der Waals surface area contributed by atoms with E-state index in [0.29, 0.717) is 0 Å². The maximum atomic E-state index is 10.8. The van der Waals surface area contributed by atoms with E-state index in [1.54, 1.807) is 24.3 Å².